The maximum absolute atomic E-state index is 6.16. The van der Waals surface area contributed by atoms with Crippen molar-refractivity contribution in [1.29, 1.82) is 0 Å². The average molecular weight is 393 g/mol. The van der Waals surface area contributed by atoms with Gasteiger partial charge in [-0.25, -0.2) is 0 Å². The maximum atomic E-state index is 6.16. The third-order valence-corrected chi connectivity index (χ3v) is 4.76. The van der Waals surface area contributed by atoms with Crippen LogP contribution in [-0.4, -0.2) is 13.2 Å². The normalized spacial score (nSPS) is 11.2. The fourth-order valence-corrected chi connectivity index (χ4v) is 2.95. The first-order valence-corrected chi connectivity index (χ1v) is 10.6. The molecule has 3 aromatic rings. The molecule has 3 nitrogen and oxygen atoms in total. The highest BCUT2D eigenvalue weighted by Gasteiger charge is 2.11. The van der Waals surface area contributed by atoms with Crippen molar-refractivity contribution in [3.8, 4) is 23.0 Å². The molecule has 0 bridgehead atoms. The van der Waals surface area contributed by atoms with Crippen LogP contribution >= 0.6 is 0 Å². The van der Waals surface area contributed by atoms with Crippen molar-refractivity contribution in [1.82, 2.24) is 0 Å². The molecule has 0 aliphatic heterocycles. The number of hydrogen-bond acceptors (Lipinski definition) is 3. The molecule has 0 amide bonds. The van der Waals surface area contributed by atoms with E-state index in [2.05, 4.69) is 45.9 Å². The molecular formula is C26H32O3. The van der Waals surface area contributed by atoms with Crippen LogP contribution in [0.15, 0.2) is 60.7 Å². The predicted molar refractivity (Wildman–Crippen MR) is 120 cm³/mol. The maximum Gasteiger partial charge on any atom is 0.169 e. The molecule has 0 saturated heterocycles. The molecule has 0 heterocycles. The number of para-hydroxylation sites is 1. The molecule has 29 heavy (non-hydrogen) atoms. The zero-order chi connectivity index (χ0) is 20.6. The summed E-state index contributed by atoms with van der Waals surface area (Å²) in [7, 11) is 0. The van der Waals surface area contributed by atoms with Gasteiger partial charge in [-0.15, -0.1) is 0 Å². The highest BCUT2D eigenvalue weighted by atomic mass is 16.5. The van der Waals surface area contributed by atoms with Crippen molar-refractivity contribution in [2.24, 2.45) is 11.8 Å². The van der Waals surface area contributed by atoms with Crippen molar-refractivity contribution < 1.29 is 14.2 Å². The van der Waals surface area contributed by atoms with Gasteiger partial charge in [0, 0.05) is 0 Å². The lowest BCUT2D eigenvalue weighted by Gasteiger charge is -2.15. The number of rotatable bonds is 10. The van der Waals surface area contributed by atoms with Crippen LogP contribution in [0.25, 0.3) is 10.8 Å². The minimum atomic E-state index is 0.597. The standard InChI is InChI=1S/C26H32O3/c1-19(2)12-14-27-24-11-10-21-17-25(28-15-13-20(3)4)26(18-22(21)16-24)29-23-8-6-5-7-9-23/h5-11,16-20H,12-15H2,1-4H3. The molecule has 0 spiro atoms. The van der Waals surface area contributed by atoms with Gasteiger partial charge >= 0.3 is 0 Å². The number of fused-ring (bicyclic) bond motifs is 1. The van der Waals surface area contributed by atoms with Gasteiger partial charge in [0.05, 0.1) is 13.2 Å². The van der Waals surface area contributed by atoms with E-state index in [1.165, 1.54) is 0 Å². The van der Waals surface area contributed by atoms with Crippen molar-refractivity contribution in [3.05, 3.63) is 60.7 Å². The Labute approximate surface area is 174 Å². The fraction of sp³-hybridized carbons (Fsp3) is 0.385. The van der Waals surface area contributed by atoms with Gasteiger partial charge in [0.2, 0.25) is 0 Å². The van der Waals surface area contributed by atoms with E-state index in [0.29, 0.717) is 18.4 Å². The number of benzene rings is 3. The number of hydrogen-bond donors (Lipinski definition) is 0. The SMILES string of the molecule is CC(C)CCOc1ccc2cc(OCCC(C)C)c(Oc3ccccc3)cc2c1. The minimum absolute atomic E-state index is 0.597. The molecule has 0 atom stereocenters. The van der Waals surface area contributed by atoms with E-state index in [4.69, 9.17) is 14.2 Å². The topological polar surface area (TPSA) is 27.7 Å². The van der Waals surface area contributed by atoms with Gasteiger partial charge in [-0.3, -0.25) is 0 Å². The Morgan fingerprint density at radius 1 is 0.621 bits per heavy atom. The Balaban J connectivity index is 1.86. The second-order valence-corrected chi connectivity index (χ2v) is 8.28. The van der Waals surface area contributed by atoms with Crippen molar-refractivity contribution in [2.75, 3.05) is 13.2 Å². The summed E-state index contributed by atoms with van der Waals surface area (Å²) in [6.45, 7) is 10.2. The van der Waals surface area contributed by atoms with E-state index in [0.717, 1.165) is 53.2 Å². The Kier molecular flexibility index (Phi) is 7.40. The third kappa shape index (κ3) is 6.42. The summed E-state index contributed by atoms with van der Waals surface area (Å²) in [4.78, 5) is 0. The van der Waals surface area contributed by atoms with Crippen LogP contribution in [-0.2, 0) is 0 Å². The highest BCUT2D eigenvalue weighted by Crippen LogP contribution is 2.37. The van der Waals surface area contributed by atoms with Crippen molar-refractivity contribution in [2.45, 2.75) is 40.5 Å². The van der Waals surface area contributed by atoms with Gasteiger partial charge < -0.3 is 14.2 Å². The Hall–Kier alpha value is -2.68. The van der Waals surface area contributed by atoms with E-state index in [-0.39, 0.29) is 0 Å². The van der Waals surface area contributed by atoms with Crippen LogP contribution in [0.4, 0.5) is 0 Å². The summed E-state index contributed by atoms with van der Waals surface area (Å²) in [6, 6.07) is 20.1. The lowest BCUT2D eigenvalue weighted by molar-refractivity contribution is 0.278. The Morgan fingerprint density at radius 2 is 1.28 bits per heavy atom. The molecular weight excluding hydrogens is 360 g/mol. The Bertz CT molecular complexity index is 900. The van der Waals surface area contributed by atoms with Crippen LogP contribution < -0.4 is 14.2 Å². The molecule has 3 heteroatoms. The fourth-order valence-electron chi connectivity index (χ4n) is 2.95. The van der Waals surface area contributed by atoms with E-state index >= 15 is 0 Å². The molecule has 0 N–H and O–H groups in total. The van der Waals surface area contributed by atoms with E-state index < -0.39 is 0 Å². The highest BCUT2D eigenvalue weighted by molar-refractivity contribution is 5.87. The van der Waals surface area contributed by atoms with Crippen molar-refractivity contribution >= 4 is 10.8 Å². The molecule has 0 radical (unpaired) electrons. The number of ether oxygens (including phenoxy) is 3. The molecule has 0 fully saturated rings. The molecule has 0 saturated carbocycles. The summed E-state index contributed by atoms with van der Waals surface area (Å²) in [6.07, 6.45) is 2.05. The molecule has 0 aromatic heterocycles. The van der Waals surface area contributed by atoms with Crippen LogP contribution in [0.1, 0.15) is 40.5 Å². The molecule has 3 rings (SSSR count). The lowest BCUT2D eigenvalue weighted by atomic mass is 10.1. The zero-order valence-electron chi connectivity index (χ0n) is 18.0. The lowest BCUT2D eigenvalue weighted by Crippen LogP contribution is -2.03. The summed E-state index contributed by atoms with van der Waals surface area (Å²) < 4.78 is 18.2. The van der Waals surface area contributed by atoms with Crippen LogP contribution in [0.5, 0.6) is 23.0 Å². The molecule has 0 aliphatic carbocycles. The first-order valence-electron chi connectivity index (χ1n) is 10.6. The van der Waals surface area contributed by atoms with Gasteiger partial charge in [0.1, 0.15) is 11.5 Å². The summed E-state index contributed by atoms with van der Waals surface area (Å²) >= 11 is 0. The van der Waals surface area contributed by atoms with Crippen LogP contribution in [0.2, 0.25) is 0 Å². The minimum Gasteiger partial charge on any atom is -0.494 e. The van der Waals surface area contributed by atoms with E-state index in [1.54, 1.807) is 0 Å². The third-order valence-electron chi connectivity index (χ3n) is 4.76. The molecule has 154 valence electrons. The second-order valence-electron chi connectivity index (χ2n) is 8.28. The predicted octanol–water partition coefficient (Wildman–Crippen LogP) is 7.48. The van der Waals surface area contributed by atoms with Crippen LogP contribution in [0, 0.1) is 11.8 Å². The van der Waals surface area contributed by atoms with Gasteiger partial charge in [-0.05, 0) is 71.8 Å². The summed E-state index contributed by atoms with van der Waals surface area (Å²) in [5.74, 6) is 4.41. The smallest absolute Gasteiger partial charge is 0.169 e. The summed E-state index contributed by atoms with van der Waals surface area (Å²) in [5, 5.41) is 2.19. The largest absolute Gasteiger partial charge is 0.494 e. The van der Waals surface area contributed by atoms with E-state index in [1.807, 2.05) is 42.5 Å². The monoisotopic (exact) mass is 392 g/mol. The molecule has 0 unspecified atom stereocenters. The average Bonchev–Trinajstić information content (AvgIpc) is 2.68. The van der Waals surface area contributed by atoms with Gasteiger partial charge in [0.15, 0.2) is 11.5 Å². The quantitative estimate of drug-likeness (QED) is 0.358. The first kappa shape index (κ1) is 21.0. The first-order chi connectivity index (χ1) is 14.0. The second kappa shape index (κ2) is 10.2. The van der Waals surface area contributed by atoms with Crippen molar-refractivity contribution in [3.63, 3.8) is 0 Å². The molecule has 3 aromatic carbocycles. The zero-order valence-corrected chi connectivity index (χ0v) is 18.0. The van der Waals surface area contributed by atoms with Gasteiger partial charge in [-0.2, -0.15) is 0 Å². The molecule has 0 aliphatic rings. The summed E-state index contributed by atoms with van der Waals surface area (Å²) in [5.41, 5.74) is 0. The van der Waals surface area contributed by atoms with Gasteiger partial charge in [0.25, 0.3) is 0 Å². The van der Waals surface area contributed by atoms with E-state index in [9.17, 15) is 0 Å². The van der Waals surface area contributed by atoms with Gasteiger partial charge in [-0.1, -0.05) is 52.0 Å². The van der Waals surface area contributed by atoms with Crippen LogP contribution in [0.3, 0.4) is 0 Å². The Morgan fingerprint density at radius 3 is 1.97 bits per heavy atom.